The van der Waals surface area contributed by atoms with Crippen molar-refractivity contribution in [2.24, 2.45) is 0 Å². The maximum Gasteiger partial charge on any atom is 0.262 e. The van der Waals surface area contributed by atoms with E-state index in [0.29, 0.717) is 12.4 Å². The fourth-order valence-electron chi connectivity index (χ4n) is 2.07. The number of rotatable bonds is 9. The van der Waals surface area contributed by atoms with Crippen LogP contribution in [0.2, 0.25) is 0 Å². The maximum atomic E-state index is 12.2. The van der Waals surface area contributed by atoms with Crippen molar-refractivity contribution in [3.05, 3.63) is 59.6 Å². The number of ether oxygens (including phenoxy) is 1. The van der Waals surface area contributed by atoms with Crippen LogP contribution in [0, 0.1) is 11.3 Å². The van der Waals surface area contributed by atoms with Crippen LogP contribution in [0.15, 0.2) is 57.4 Å². The first-order chi connectivity index (χ1) is 13.0. The summed E-state index contributed by atoms with van der Waals surface area (Å²) in [7, 11) is -2.15. The molecule has 0 aliphatic rings. The Morgan fingerprint density at radius 1 is 1.26 bits per heavy atom. The van der Waals surface area contributed by atoms with Crippen molar-refractivity contribution in [3.8, 4) is 6.07 Å². The third-order valence-corrected chi connectivity index (χ3v) is 4.83. The number of nitrogens with one attached hydrogen (secondary N) is 2. The molecule has 0 saturated heterocycles. The highest BCUT2D eigenvalue weighted by atomic mass is 32.2. The highest BCUT2D eigenvalue weighted by Crippen LogP contribution is 2.14. The van der Waals surface area contributed by atoms with Crippen LogP contribution < -0.4 is 10.0 Å². The van der Waals surface area contributed by atoms with E-state index in [1.54, 1.807) is 36.4 Å². The zero-order chi connectivity index (χ0) is 19.7. The monoisotopic (exact) mass is 389 g/mol. The number of carbonyl (C=O) groups is 1. The van der Waals surface area contributed by atoms with Crippen molar-refractivity contribution in [1.82, 2.24) is 10.0 Å². The van der Waals surface area contributed by atoms with E-state index in [0.717, 1.165) is 0 Å². The Balaban J connectivity index is 2.01. The zero-order valence-corrected chi connectivity index (χ0v) is 15.5. The summed E-state index contributed by atoms with van der Waals surface area (Å²) >= 11 is 0. The number of sulfonamides is 1. The Labute approximate surface area is 157 Å². The van der Waals surface area contributed by atoms with Gasteiger partial charge in [-0.1, -0.05) is 18.2 Å². The minimum absolute atomic E-state index is 0.0625. The smallest absolute Gasteiger partial charge is 0.262 e. The van der Waals surface area contributed by atoms with Crippen molar-refractivity contribution in [3.63, 3.8) is 0 Å². The lowest BCUT2D eigenvalue weighted by Gasteiger charge is -2.04. The standard InChI is InChI=1S/C18H19N3O5S/c1-25-10-9-20-18(22)14(12-19)11-15-7-8-16(26-15)13-21-27(23,24)17-5-3-2-4-6-17/h2-8,11,21H,9-10,13H2,1H3,(H,20,22). The van der Waals surface area contributed by atoms with E-state index in [4.69, 9.17) is 14.4 Å². The predicted octanol–water partition coefficient (Wildman–Crippen LogP) is 1.43. The van der Waals surface area contributed by atoms with Gasteiger partial charge in [0.25, 0.3) is 5.91 Å². The number of nitriles is 1. The molecular weight excluding hydrogens is 370 g/mol. The van der Waals surface area contributed by atoms with Crippen LogP contribution in [0.4, 0.5) is 0 Å². The molecule has 0 unspecified atom stereocenters. The number of nitrogens with zero attached hydrogens (tertiary/aromatic N) is 1. The third-order valence-electron chi connectivity index (χ3n) is 3.42. The summed E-state index contributed by atoms with van der Waals surface area (Å²) in [4.78, 5) is 12.0. The quantitative estimate of drug-likeness (QED) is 0.380. The molecule has 0 aliphatic heterocycles. The first-order valence-corrected chi connectivity index (χ1v) is 9.47. The molecule has 0 radical (unpaired) electrons. The first kappa shape index (κ1) is 20.4. The topological polar surface area (TPSA) is 121 Å². The van der Waals surface area contributed by atoms with Crippen molar-refractivity contribution in [2.75, 3.05) is 20.3 Å². The molecule has 2 N–H and O–H groups in total. The Kier molecular flexibility index (Phi) is 7.31. The van der Waals surface area contributed by atoms with Crippen LogP contribution in [-0.4, -0.2) is 34.6 Å². The summed E-state index contributed by atoms with van der Waals surface area (Å²) in [6, 6.07) is 12.9. The Morgan fingerprint density at radius 2 is 2.00 bits per heavy atom. The molecule has 2 aromatic rings. The number of hydrogen-bond donors (Lipinski definition) is 2. The van der Waals surface area contributed by atoms with Gasteiger partial charge in [-0.25, -0.2) is 13.1 Å². The average Bonchev–Trinajstić information content (AvgIpc) is 3.13. The van der Waals surface area contributed by atoms with E-state index in [9.17, 15) is 13.2 Å². The van der Waals surface area contributed by atoms with E-state index in [2.05, 4.69) is 10.0 Å². The van der Waals surface area contributed by atoms with Crippen LogP contribution >= 0.6 is 0 Å². The molecule has 1 heterocycles. The molecule has 2 rings (SSSR count). The van der Waals surface area contributed by atoms with Gasteiger partial charge >= 0.3 is 0 Å². The Morgan fingerprint density at radius 3 is 2.67 bits per heavy atom. The molecule has 9 heteroatoms. The zero-order valence-electron chi connectivity index (χ0n) is 14.6. The van der Waals surface area contributed by atoms with Crippen molar-refractivity contribution < 1.29 is 22.4 Å². The molecule has 0 aliphatic carbocycles. The molecule has 1 amide bonds. The molecule has 0 atom stereocenters. The number of benzene rings is 1. The third kappa shape index (κ3) is 6.07. The molecule has 0 bridgehead atoms. The second kappa shape index (κ2) is 9.68. The van der Waals surface area contributed by atoms with Crippen LogP contribution in [0.1, 0.15) is 11.5 Å². The number of methoxy groups -OCH3 is 1. The minimum atomic E-state index is -3.66. The second-order valence-electron chi connectivity index (χ2n) is 5.36. The Bertz CT molecular complexity index is 943. The average molecular weight is 389 g/mol. The van der Waals surface area contributed by atoms with Gasteiger partial charge in [0.05, 0.1) is 18.0 Å². The van der Waals surface area contributed by atoms with E-state index < -0.39 is 15.9 Å². The summed E-state index contributed by atoms with van der Waals surface area (Å²) in [5, 5.41) is 11.7. The van der Waals surface area contributed by atoms with Crippen LogP contribution in [0.25, 0.3) is 6.08 Å². The molecule has 142 valence electrons. The molecule has 1 aromatic heterocycles. The van der Waals surface area contributed by atoms with Gasteiger partial charge in [0.1, 0.15) is 23.2 Å². The van der Waals surface area contributed by atoms with Crippen molar-refractivity contribution >= 4 is 22.0 Å². The summed E-state index contributed by atoms with van der Waals surface area (Å²) in [6.07, 6.45) is 1.29. The molecular formula is C18H19N3O5S. The number of amides is 1. The van der Waals surface area contributed by atoms with Gasteiger partial charge in [0, 0.05) is 19.7 Å². The van der Waals surface area contributed by atoms with Gasteiger partial charge < -0.3 is 14.5 Å². The molecule has 0 fully saturated rings. The summed E-state index contributed by atoms with van der Waals surface area (Å²) in [6.45, 7) is 0.545. The van der Waals surface area contributed by atoms with Gasteiger partial charge in [-0.05, 0) is 24.3 Å². The van der Waals surface area contributed by atoms with Crippen LogP contribution in [-0.2, 0) is 26.1 Å². The molecule has 0 spiro atoms. The highest BCUT2D eigenvalue weighted by Gasteiger charge is 2.14. The molecule has 0 saturated carbocycles. The normalized spacial score (nSPS) is 11.8. The lowest BCUT2D eigenvalue weighted by Crippen LogP contribution is -2.27. The molecule has 8 nitrogen and oxygen atoms in total. The van der Waals surface area contributed by atoms with E-state index in [1.165, 1.54) is 25.3 Å². The fourth-order valence-corrected chi connectivity index (χ4v) is 3.08. The predicted molar refractivity (Wildman–Crippen MR) is 97.7 cm³/mol. The maximum absolute atomic E-state index is 12.2. The number of furan rings is 1. The van der Waals surface area contributed by atoms with E-state index >= 15 is 0 Å². The minimum Gasteiger partial charge on any atom is -0.460 e. The van der Waals surface area contributed by atoms with Crippen LogP contribution in [0.3, 0.4) is 0 Å². The van der Waals surface area contributed by atoms with Crippen molar-refractivity contribution in [1.29, 1.82) is 5.26 Å². The van der Waals surface area contributed by atoms with Crippen LogP contribution in [0.5, 0.6) is 0 Å². The molecule has 27 heavy (non-hydrogen) atoms. The Hall–Kier alpha value is -2.93. The first-order valence-electron chi connectivity index (χ1n) is 7.98. The van der Waals surface area contributed by atoms with Crippen molar-refractivity contribution in [2.45, 2.75) is 11.4 Å². The number of hydrogen-bond acceptors (Lipinski definition) is 6. The van der Waals surface area contributed by atoms with Gasteiger partial charge in [-0.3, -0.25) is 4.79 Å². The van der Waals surface area contributed by atoms with E-state index in [1.807, 2.05) is 0 Å². The SMILES string of the molecule is COCCNC(=O)C(C#N)=Cc1ccc(CNS(=O)(=O)c2ccccc2)o1. The summed E-state index contributed by atoms with van der Waals surface area (Å²) in [5.41, 5.74) is -0.128. The molecule has 1 aromatic carbocycles. The highest BCUT2D eigenvalue weighted by molar-refractivity contribution is 7.89. The lowest BCUT2D eigenvalue weighted by atomic mass is 10.2. The summed E-state index contributed by atoms with van der Waals surface area (Å²) in [5.74, 6) is 0.0671. The lowest BCUT2D eigenvalue weighted by molar-refractivity contribution is -0.117. The fraction of sp³-hybridized carbons (Fsp3) is 0.222. The van der Waals surface area contributed by atoms with Gasteiger partial charge in [-0.15, -0.1) is 0 Å². The van der Waals surface area contributed by atoms with Gasteiger partial charge in [0.15, 0.2) is 0 Å². The second-order valence-corrected chi connectivity index (χ2v) is 7.13. The van der Waals surface area contributed by atoms with E-state index in [-0.39, 0.29) is 29.3 Å². The summed E-state index contributed by atoms with van der Waals surface area (Å²) < 4.78 is 37.1. The van der Waals surface area contributed by atoms with Gasteiger partial charge in [0.2, 0.25) is 10.0 Å². The largest absolute Gasteiger partial charge is 0.460 e. The number of carbonyl (C=O) groups excluding carboxylic acids is 1. The van der Waals surface area contributed by atoms with Gasteiger partial charge in [-0.2, -0.15) is 5.26 Å².